The number of rotatable bonds is 8. The molecule has 0 unspecified atom stereocenters. The van der Waals surface area contributed by atoms with Gasteiger partial charge in [0.15, 0.2) is 12.4 Å². The highest BCUT2D eigenvalue weighted by molar-refractivity contribution is 6.11. The Balaban J connectivity index is 0.000000786. The smallest absolute Gasteiger partial charge is 0.263 e. The van der Waals surface area contributed by atoms with Gasteiger partial charge in [-0.25, -0.2) is 4.68 Å². The summed E-state index contributed by atoms with van der Waals surface area (Å²) in [5, 5.41) is 36.2. The number of aliphatic hydroxyl groups excluding tert-OH is 1. The number of nitrogens with zero attached hydrogens (tertiary/aromatic N) is 4. The number of nitrogen functional groups attached to an aromatic ring is 1. The van der Waals surface area contributed by atoms with Crippen LogP contribution in [0.1, 0.15) is 50.6 Å². The van der Waals surface area contributed by atoms with Crippen LogP contribution in [0.4, 0.5) is 5.82 Å². The minimum absolute atomic E-state index is 0.0850. The molecule has 1 saturated carbocycles. The van der Waals surface area contributed by atoms with Crippen LogP contribution in [0.5, 0.6) is 5.75 Å². The first kappa shape index (κ1) is 26.5. The van der Waals surface area contributed by atoms with Gasteiger partial charge in [-0.15, -0.1) is 10.2 Å². The van der Waals surface area contributed by atoms with Gasteiger partial charge in [0.05, 0.1) is 17.4 Å². The van der Waals surface area contributed by atoms with Crippen molar-refractivity contribution in [2.75, 3.05) is 5.73 Å². The number of ketones is 1. The summed E-state index contributed by atoms with van der Waals surface area (Å²) in [4.78, 5) is 25.7. The van der Waals surface area contributed by atoms with Gasteiger partial charge in [0.2, 0.25) is 6.39 Å². The Hall–Kier alpha value is -4.59. The van der Waals surface area contributed by atoms with Gasteiger partial charge in [-0.3, -0.25) is 9.59 Å². The van der Waals surface area contributed by atoms with Crippen molar-refractivity contribution >= 4 is 17.5 Å². The minimum atomic E-state index is -2.17. The zero-order valence-corrected chi connectivity index (χ0v) is 20.3. The molecule has 0 aliphatic heterocycles. The molecule has 0 spiro atoms. The normalized spacial score (nSPS) is 12.6. The monoisotopic (exact) mass is 522 g/mol. The largest absolute Gasteiger partial charge is 0.484 e. The Morgan fingerprint density at radius 1 is 1.18 bits per heavy atom. The van der Waals surface area contributed by atoms with E-state index in [0.717, 1.165) is 18.4 Å². The van der Waals surface area contributed by atoms with Crippen molar-refractivity contribution in [3.63, 3.8) is 0 Å². The van der Waals surface area contributed by atoms with Crippen LogP contribution in [0.3, 0.4) is 0 Å². The molecule has 13 heteroatoms. The van der Waals surface area contributed by atoms with E-state index in [2.05, 4.69) is 20.6 Å². The average Bonchev–Trinajstić information content (AvgIpc) is 3.39. The Labute approximate surface area is 216 Å². The molecule has 2 aromatic carbocycles. The highest BCUT2D eigenvalue weighted by Crippen LogP contribution is 2.25. The highest BCUT2D eigenvalue weighted by Gasteiger charge is 2.25. The van der Waals surface area contributed by atoms with Crippen LogP contribution in [-0.4, -0.2) is 59.5 Å². The Bertz CT molecular complexity index is 1410. The van der Waals surface area contributed by atoms with Gasteiger partial charge in [-0.05, 0) is 49.6 Å². The molecule has 2 heterocycles. The Morgan fingerprint density at radius 3 is 2.63 bits per heavy atom. The second-order valence-corrected chi connectivity index (χ2v) is 8.43. The summed E-state index contributed by atoms with van der Waals surface area (Å²) in [7, 11) is 0. The number of benzene rings is 2. The first-order valence-electron chi connectivity index (χ1n) is 11.5. The molecule has 5 rings (SSSR count). The second-order valence-electron chi connectivity index (χ2n) is 8.43. The van der Waals surface area contributed by atoms with Crippen LogP contribution in [0.15, 0.2) is 59.5 Å². The van der Waals surface area contributed by atoms with E-state index in [1.807, 2.05) is 13.0 Å². The lowest BCUT2D eigenvalue weighted by atomic mass is 10.1. The van der Waals surface area contributed by atoms with Crippen molar-refractivity contribution < 1.29 is 34.1 Å². The van der Waals surface area contributed by atoms with Gasteiger partial charge in [0.25, 0.3) is 18.3 Å². The molecule has 4 aromatic rings. The maximum Gasteiger partial charge on any atom is 0.263 e. The predicted molar refractivity (Wildman–Crippen MR) is 132 cm³/mol. The molecule has 1 fully saturated rings. The van der Waals surface area contributed by atoms with E-state index in [9.17, 15) is 9.59 Å². The van der Waals surface area contributed by atoms with Gasteiger partial charge >= 0.3 is 0 Å². The van der Waals surface area contributed by atoms with Gasteiger partial charge < -0.3 is 35.5 Å². The van der Waals surface area contributed by atoms with E-state index in [1.54, 1.807) is 36.4 Å². The summed E-state index contributed by atoms with van der Waals surface area (Å²) in [6.45, 7) is -0.188. The van der Waals surface area contributed by atoms with Gasteiger partial charge in [0.1, 0.15) is 11.6 Å². The molecule has 2 aromatic heterocycles. The molecule has 0 saturated heterocycles. The summed E-state index contributed by atoms with van der Waals surface area (Å²) >= 11 is 0. The van der Waals surface area contributed by atoms with Crippen molar-refractivity contribution in [1.82, 2.24) is 25.3 Å². The van der Waals surface area contributed by atoms with Gasteiger partial charge in [-0.2, -0.15) is 5.10 Å². The fourth-order valence-corrected chi connectivity index (χ4v) is 3.49. The van der Waals surface area contributed by atoms with Crippen molar-refractivity contribution in [2.45, 2.75) is 38.9 Å². The fourth-order valence-electron chi connectivity index (χ4n) is 3.49. The minimum Gasteiger partial charge on any atom is -0.484 e. The molecule has 198 valence electrons. The summed E-state index contributed by atoms with van der Waals surface area (Å²) in [5.41, 5.74) is 9.00. The first-order valence-corrected chi connectivity index (χ1v) is 11.5. The van der Waals surface area contributed by atoms with Crippen LogP contribution >= 0.6 is 0 Å². The molecular formula is C25H26N6O7. The molecule has 1 aliphatic carbocycles. The van der Waals surface area contributed by atoms with E-state index in [-0.39, 0.29) is 35.7 Å². The predicted octanol–water partition coefficient (Wildman–Crippen LogP) is 1.10. The first-order chi connectivity index (χ1) is 18.2. The van der Waals surface area contributed by atoms with E-state index >= 15 is 0 Å². The molecule has 0 bridgehead atoms. The number of aromatic nitrogens is 4. The SMILES string of the molecule is Cc1ccc(C(=O)NC2CC2)cc1-n1ncc(C(=O)c2cccc(OCc3nnco3)c2)c1N.OC(O)O. The van der Waals surface area contributed by atoms with Crippen LogP contribution < -0.4 is 15.8 Å². The molecule has 1 amide bonds. The Kier molecular flexibility index (Phi) is 8.11. The van der Waals surface area contributed by atoms with E-state index in [0.29, 0.717) is 28.5 Å². The summed E-state index contributed by atoms with van der Waals surface area (Å²) in [5.74, 6) is 0.548. The number of nitrogens with two attached hydrogens (primary N) is 1. The summed E-state index contributed by atoms with van der Waals surface area (Å²) < 4.78 is 12.2. The lowest BCUT2D eigenvalue weighted by Crippen LogP contribution is -2.25. The number of carbonyl (C=O) groups is 2. The molecule has 6 N–H and O–H groups in total. The van der Waals surface area contributed by atoms with Crippen molar-refractivity contribution in [3.05, 3.63) is 83.2 Å². The molecule has 1 aliphatic rings. The van der Waals surface area contributed by atoms with Crippen molar-refractivity contribution in [3.8, 4) is 11.4 Å². The quantitative estimate of drug-likeness (QED) is 0.164. The zero-order chi connectivity index (χ0) is 27.2. The number of hydrogen-bond donors (Lipinski definition) is 5. The molecule has 38 heavy (non-hydrogen) atoms. The molecule has 13 nitrogen and oxygen atoms in total. The molecule has 0 atom stereocenters. The van der Waals surface area contributed by atoms with Crippen LogP contribution in [-0.2, 0) is 6.61 Å². The van der Waals surface area contributed by atoms with E-state index < -0.39 is 6.48 Å². The third kappa shape index (κ3) is 6.59. The number of nitrogens with one attached hydrogen (secondary N) is 1. The number of carbonyl (C=O) groups excluding carboxylic acids is 2. The second kappa shape index (κ2) is 11.6. The van der Waals surface area contributed by atoms with E-state index in [1.165, 1.54) is 17.3 Å². The van der Waals surface area contributed by atoms with Crippen molar-refractivity contribution in [2.24, 2.45) is 0 Å². The average molecular weight is 523 g/mol. The third-order valence-corrected chi connectivity index (χ3v) is 5.53. The third-order valence-electron chi connectivity index (χ3n) is 5.53. The topological polar surface area (TPSA) is 199 Å². The summed E-state index contributed by atoms with van der Waals surface area (Å²) in [6.07, 6.45) is 4.66. The van der Waals surface area contributed by atoms with Crippen LogP contribution in [0.25, 0.3) is 5.69 Å². The molecule has 0 radical (unpaired) electrons. The lowest BCUT2D eigenvalue weighted by molar-refractivity contribution is -0.198. The van der Waals surface area contributed by atoms with Gasteiger partial charge in [-0.1, -0.05) is 18.2 Å². The van der Waals surface area contributed by atoms with Crippen LogP contribution in [0, 0.1) is 6.92 Å². The summed E-state index contributed by atoms with van der Waals surface area (Å²) in [6, 6.07) is 12.3. The molecular weight excluding hydrogens is 496 g/mol. The number of anilines is 1. The lowest BCUT2D eigenvalue weighted by Gasteiger charge is -2.11. The number of aliphatic hydroxyl groups is 3. The zero-order valence-electron chi connectivity index (χ0n) is 20.3. The van der Waals surface area contributed by atoms with Crippen molar-refractivity contribution in [1.29, 1.82) is 0 Å². The Morgan fingerprint density at radius 2 is 1.95 bits per heavy atom. The number of amides is 1. The number of hydrogen-bond acceptors (Lipinski definition) is 11. The highest BCUT2D eigenvalue weighted by atomic mass is 16.6. The maximum absolute atomic E-state index is 13.2. The number of aryl methyl sites for hydroxylation is 1. The maximum atomic E-state index is 13.2. The number of ether oxygens (including phenoxy) is 1. The van der Waals surface area contributed by atoms with Crippen LogP contribution in [0.2, 0.25) is 0 Å². The van der Waals surface area contributed by atoms with E-state index in [4.69, 9.17) is 30.2 Å². The fraction of sp³-hybridized carbons (Fsp3) is 0.240. The van der Waals surface area contributed by atoms with Gasteiger partial charge in [0, 0.05) is 17.2 Å². The standard InChI is InChI=1S/C24H22N6O4.CH4O3/c1-14-5-6-16(24(32)28-17-7-8-17)10-20(14)30-23(25)19(11-27-30)22(31)15-3-2-4-18(9-15)33-12-21-29-26-13-34-21;2-1(3)4/h2-6,9-11,13,17H,7-8,12,25H2,1H3,(H,28,32);1-4H.